The van der Waals surface area contributed by atoms with Crippen LogP contribution in [0.4, 0.5) is 10.5 Å². The number of para-hydroxylation sites is 1. The fourth-order valence-corrected chi connectivity index (χ4v) is 2.33. The van der Waals surface area contributed by atoms with Gasteiger partial charge in [-0.1, -0.05) is 19.1 Å². The number of carbonyl (C=O) groups excluding carboxylic acids is 4. The van der Waals surface area contributed by atoms with Crippen LogP contribution in [0, 0.1) is 11.3 Å². The van der Waals surface area contributed by atoms with Crippen LogP contribution in [0.2, 0.25) is 0 Å². The van der Waals surface area contributed by atoms with Gasteiger partial charge in [-0.2, -0.15) is 5.26 Å². The smallest absolute Gasteiger partial charge is 0.326 e. The minimum absolute atomic E-state index is 0.269. The first-order valence-electron chi connectivity index (χ1n) is 7.89. The number of imide groups is 1. The Hall–Kier alpha value is -3.41. The third kappa shape index (κ3) is 3.97. The summed E-state index contributed by atoms with van der Waals surface area (Å²) >= 11 is 0. The fraction of sp³-hybridized carbons (Fsp3) is 0.353. The molecule has 0 aromatic heterocycles. The number of hydrogen-bond acceptors (Lipinski definition) is 6. The average Bonchev–Trinajstić information content (AvgIpc) is 2.84. The van der Waals surface area contributed by atoms with Crippen molar-refractivity contribution < 1.29 is 23.9 Å². The largest absolute Gasteiger partial charge is 0.454 e. The molecular weight excluding hydrogens is 340 g/mol. The van der Waals surface area contributed by atoms with Crippen molar-refractivity contribution in [1.29, 1.82) is 5.26 Å². The number of urea groups is 1. The van der Waals surface area contributed by atoms with Gasteiger partial charge in [0.25, 0.3) is 11.8 Å². The monoisotopic (exact) mass is 358 g/mol. The molecule has 0 bridgehead atoms. The Bertz CT molecular complexity index is 801. The lowest BCUT2D eigenvalue weighted by molar-refractivity contribution is -0.150. The molecular formula is C17H18N4O5. The summed E-state index contributed by atoms with van der Waals surface area (Å²) in [5.41, 5.74) is -0.482. The third-order valence-electron chi connectivity index (χ3n) is 4.03. The van der Waals surface area contributed by atoms with Crippen molar-refractivity contribution in [2.45, 2.75) is 25.8 Å². The van der Waals surface area contributed by atoms with E-state index in [0.717, 1.165) is 4.90 Å². The number of nitriles is 1. The van der Waals surface area contributed by atoms with E-state index >= 15 is 0 Å². The van der Waals surface area contributed by atoms with E-state index in [4.69, 9.17) is 10.00 Å². The van der Waals surface area contributed by atoms with Gasteiger partial charge in [0.1, 0.15) is 18.2 Å². The number of nitrogens with one attached hydrogen (secondary N) is 2. The maximum atomic E-state index is 12.2. The molecule has 0 radical (unpaired) electrons. The van der Waals surface area contributed by atoms with E-state index in [-0.39, 0.29) is 5.56 Å². The number of hydrogen-bond donors (Lipinski definition) is 2. The first-order chi connectivity index (χ1) is 12.3. The molecule has 1 saturated heterocycles. The molecule has 9 heteroatoms. The lowest BCUT2D eigenvalue weighted by Crippen LogP contribution is -2.43. The highest BCUT2D eigenvalue weighted by Crippen LogP contribution is 2.20. The summed E-state index contributed by atoms with van der Waals surface area (Å²) in [4.78, 5) is 48.4. The van der Waals surface area contributed by atoms with Crippen molar-refractivity contribution in [2.75, 3.05) is 18.5 Å². The van der Waals surface area contributed by atoms with E-state index in [1.165, 1.54) is 12.1 Å². The van der Waals surface area contributed by atoms with Gasteiger partial charge in [-0.3, -0.25) is 19.3 Å². The number of carbonyl (C=O) groups is 4. The van der Waals surface area contributed by atoms with E-state index in [1.54, 1.807) is 26.0 Å². The molecule has 9 nitrogen and oxygen atoms in total. The predicted octanol–water partition coefficient (Wildman–Crippen LogP) is 0.760. The van der Waals surface area contributed by atoms with Crippen LogP contribution in [0.5, 0.6) is 0 Å². The van der Waals surface area contributed by atoms with Crippen molar-refractivity contribution in [3.05, 3.63) is 29.8 Å². The van der Waals surface area contributed by atoms with Gasteiger partial charge in [-0.05, 0) is 25.5 Å². The van der Waals surface area contributed by atoms with E-state index in [9.17, 15) is 19.2 Å². The quantitative estimate of drug-likeness (QED) is 0.571. The molecule has 0 aliphatic carbocycles. The molecule has 0 unspecified atom stereocenters. The molecule has 1 aromatic rings. The minimum atomic E-state index is -1.05. The van der Waals surface area contributed by atoms with Gasteiger partial charge in [0, 0.05) is 0 Å². The Balaban J connectivity index is 1.87. The lowest BCUT2D eigenvalue weighted by Gasteiger charge is -2.18. The Kier molecular flexibility index (Phi) is 5.57. The van der Waals surface area contributed by atoms with E-state index in [2.05, 4.69) is 10.6 Å². The molecule has 2 N–H and O–H groups in total. The summed E-state index contributed by atoms with van der Waals surface area (Å²) in [5, 5.41) is 13.9. The molecule has 1 aliphatic heterocycles. The molecule has 136 valence electrons. The highest BCUT2D eigenvalue weighted by Gasteiger charge is 2.47. The van der Waals surface area contributed by atoms with Crippen LogP contribution < -0.4 is 10.6 Å². The number of amides is 4. The fourth-order valence-electron chi connectivity index (χ4n) is 2.33. The number of benzene rings is 1. The molecule has 1 atom stereocenters. The van der Waals surface area contributed by atoms with Crippen molar-refractivity contribution in [3.63, 3.8) is 0 Å². The first kappa shape index (κ1) is 18.9. The summed E-state index contributed by atoms with van der Waals surface area (Å²) in [6, 6.07) is 7.61. The lowest BCUT2D eigenvalue weighted by atomic mass is 9.99. The molecule has 1 aromatic carbocycles. The maximum Gasteiger partial charge on any atom is 0.326 e. The Morgan fingerprint density at radius 2 is 2.04 bits per heavy atom. The van der Waals surface area contributed by atoms with Crippen LogP contribution in [-0.2, 0) is 19.1 Å². The summed E-state index contributed by atoms with van der Waals surface area (Å²) in [6.45, 7) is 2.12. The SMILES string of the molecule is CC[C@@]1(C)NC(=O)N(CC(=O)OCC(=O)Nc2ccccc2C#N)C1=O. The third-order valence-corrected chi connectivity index (χ3v) is 4.03. The maximum absolute atomic E-state index is 12.2. The normalized spacial score (nSPS) is 18.9. The van der Waals surface area contributed by atoms with Crippen LogP contribution in [-0.4, -0.2) is 47.4 Å². The molecule has 1 fully saturated rings. The summed E-state index contributed by atoms with van der Waals surface area (Å²) < 4.78 is 4.80. The van der Waals surface area contributed by atoms with Gasteiger partial charge < -0.3 is 15.4 Å². The summed E-state index contributed by atoms with van der Waals surface area (Å²) in [6.07, 6.45) is 0.379. The van der Waals surface area contributed by atoms with Crippen molar-refractivity contribution in [1.82, 2.24) is 10.2 Å². The van der Waals surface area contributed by atoms with Gasteiger partial charge in [0.05, 0.1) is 11.3 Å². The summed E-state index contributed by atoms with van der Waals surface area (Å²) in [5.74, 6) is -2.05. The highest BCUT2D eigenvalue weighted by molar-refractivity contribution is 6.08. The van der Waals surface area contributed by atoms with Crippen LogP contribution in [0.15, 0.2) is 24.3 Å². The topological polar surface area (TPSA) is 129 Å². The predicted molar refractivity (Wildman–Crippen MR) is 89.7 cm³/mol. The van der Waals surface area contributed by atoms with Crippen LogP contribution in [0.25, 0.3) is 0 Å². The van der Waals surface area contributed by atoms with Gasteiger partial charge in [-0.25, -0.2) is 4.79 Å². The van der Waals surface area contributed by atoms with Gasteiger partial charge in [-0.15, -0.1) is 0 Å². The zero-order chi connectivity index (χ0) is 19.3. The van der Waals surface area contributed by atoms with Crippen LogP contribution in [0.1, 0.15) is 25.8 Å². The highest BCUT2D eigenvalue weighted by atomic mass is 16.5. The molecule has 1 heterocycles. The second kappa shape index (κ2) is 7.65. The first-order valence-corrected chi connectivity index (χ1v) is 7.89. The molecule has 0 spiro atoms. The van der Waals surface area contributed by atoms with Gasteiger partial charge >= 0.3 is 12.0 Å². The van der Waals surface area contributed by atoms with Crippen LogP contribution >= 0.6 is 0 Å². The second-order valence-corrected chi connectivity index (χ2v) is 5.87. The molecule has 0 saturated carbocycles. The van der Waals surface area contributed by atoms with Crippen molar-refractivity contribution in [3.8, 4) is 6.07 Å². The summed E-state index contributed by atoms with van der Waals surface area (Å²) in [7, 11) is 0. The van der Waals surface area contributed by atoms with E-state index in [0.29, 0.717) is 12.1 Å². The van der Waals surface area contributed by atoms with Crippen LogP contribution in [0.3, 0.4) is 0 Å². The zero-order valence-corrected chi connectivity index (χ0v) is 14.4. The standard InChI is InChI=1S/C17H18N4O5/c1-3-17(2)15(24)21(16(25)20-17)9-14(23)26-10-13(22)19-12-7-5-4-6-11(12)8-18/h4-7H,3,9-10H2,1-2H3,(H,19,22)(H,20,25)/t17-/m1/s1. The number of rotatable bonds is 6. The van der Waals surface area contributed by atoms with E-state index < -0.39 is 42.5 Å². The Morgan fingerprint density at radius 3 is 2.65 bits per heavy atom. The molecule has 4 amide bonds. The molecule has 2 rings (SSSR count). The van der Waals surface area contributed by atoms with E-state index in [1.807, 2.05) is 6.07 Å². The number of anilines is 1. The van der Waals surface area contributed by atoms with Gasteiger partial charge in [0.15, 0.2) is 6.61 Å². The number of nitrogens with zero attached hydrogens (tertiary/aromatic N) is 2. The zero-order valence-electron chi connectivity index (χ0n) is 14.4. The average molecular weight is 358 g/mol. The Morgan fingerprint density at radius 1 is 1.35 bits per heavy atom. The van der Waals surface area contributed by atoms with Gasteiger partial charge in [0.2, 0.25) is 0 Å². The Labute approximate surface area is 149 Å². The second-order valence-electron chi connectivity index (χ2n) is 5.87. The number of ether oxygens (including phenoxy) is 1. The molecule has 1 aliphatic rings. The van der Waals surface area contributed by atoms with Crippen molar-refractivity contribution in [2.24, 2.45) is 0 Å². The molecule has 26 heavy (non-hydrogen) atoms. The van der Waals surface area contributed by atoms with Crippen molar-refractivity contribution >= 4 is 29.5 Å². The number of esters is 1. The minimum Gasteiger partial charge on any atom is -0.454 e.